The van der Waals surface area contributed by atoms with Gasteiger partial charge in [-0.15, -0.1) is 0 Å². The summed E-state index contributed by atoms with van der Waals surface area (Å²) in [5.41, 5.74) is 6.28. The average Bonchev–Trinajstić information content (AvgIpc) is 3.50. The molecule has 0 atom stereocenters. The lowest BCUT2D eigenvalue weighted by Gasteiger charge is -2.39. The minimum atomic E-state index is 0.0587. The summed E-state index contributed by atoms with van der Waals surface area (Å²) < 4.78 is 1.80. The predicted molar refractivity (Wildman–Crippen MR) is 120 cm³/mol. The molecule has 3 aromatic rings. The number of ketones is 1. The van der Waals surface area contributed by atoms with Crippen molar-refractivity contribution in [1.29, 1.82) is 0 Å². The van der Waals surface area contributed by atoms with Gasteiger partial charge in [-0.3, -0.25) is 14.3 Å². The Morgan fingerprint density at radius 2 is 1.77 bits per heavy atom. The first-order valence-corrected chi connectivity index (χ1v) is 11.0. The summed E-state index contributed by atoms with van der Waals surface area (Å²) in [4.78, 5) is 27.1. The number of aromatic nitrogens is 2. The second-order valence-electron chi connectivity index (χ2n) is 8.99. The summed E-state index contributed by atoms with van der Waals surface area (Å²) in [6.45, 7) is 3.48. The van der Waals surface area contributed by atoms with E-state index >= 15 is 0 Å². The van der Waals surface area contributed by atoms with Gasteiger partial charge in [0.15, 0.2) is 0 Å². The topological polar surface area (TPSA) is 55.2 Å². The Hall–Kier alpha value is -3.21. The molecule has 158 valence electrons. The average molecular weight is 414 g/mol. The molecule has 1 saturated carbocycles. The van der Waals surface area contributed by atoms with Gasteiger partial charge in [0.1, 0.15) is 5.78 Å². The van der Waals surface area contributed by atoms with Crippen molar-refractivity contribution < 1.29 is 9.59 Å². The first-order chi connectivity index (χ1) is 15.0. The third-order valence-electron chi connectivity index (χ3n) is 6.58. The molecule has 1 aliphatic heterocycles. The molecule has 0 spiro atoms. The van der Waals surface area contributed by atoms with Gasteiger partial charge in [-0.1, -0.05) is 30.3 Å². The quantitative estimate of drug-likeness (QED) is 0.610. The zero-order chi connectivity index (χ0) is 21.5. The fourth-order valence-corrected chi connectivity index (χ4v) is 4.29. The van der Waals surface area contributed by atoms with Crippen LogP contribution in [0.25, 0.3) is 11.1 Å². The maximum atomic E-state index is 13.0. The normalized spacial score (nSPS) is 16.3. The highest BCUT2D eigenvalue weighted by atomic mass is 16.2. The van der Waals surface area contributed by atoms with Crippen molar-refractivity contribution >= 4 is 11.7 Å². The molecule has 2 aliphatic rings. The molecule has 2 aromatic carbocycles. The van der Waals surface area contributed by atoms with Crippen LogP contribution in [-0.4, -0.2) is 39.5 Å². The number of amides is 1. The van der Waals surface area contributed by atoms with Crippen molar-refractivity contribution in [3.05, 3.63) is 77.1 Å². The van der Waals surface area contributed by atoms with E-state index in [2.05, 4.69) is 29.4 Å². The third kappa shape index (κ3) is 4.05. The number of Topliss-reactive ketones (excluding diaryl/α,β-unsaturated/α-hetero) is 1. The summed E-state index contributed by atoms with van der Waals surface area (Å²) in [7, 11) is 1.92. The number of hydrogen-bond donors (Lipinski definition) is 0. The third-order valence-corrected chi connectivity index (χ3v) is 6.58. The number of benzene rings is 2. The first kappa shape index (κ1) is 19.7. The number of rotatable bonds is 6. The van der Waals surface area contributed by atoms with Crippen LogP contribution >= 0.6 is 0 Å². The molecule has 1 aliphatic carbocycles. The van der Waals surface area contributed by atoms with Crippen molar-refractivity contribution in [2.45, 2.75) is 32.1 Å². The Morgan fingerprint density at radius 1 is 1.03 bits per heavy atom. The predicted octanol–water partition coefficient (Wildman–Crippen LogP) is 4.16. The smallest absolute Gasteiger partial charge is 0.253 e. The fourth-order valence-electron chi connectivity index (χ4n) is 4.29. The van der Waals surface area contributed by atoms with Gasteiger partial charge in [-0.2, -0.15) is 5.10 Å². The van der Waals surface area contributed by atoms with Gasteiger partial charge >= 0.3 is 0 Å². The molecule has 1 aromatic heterocycles. The maximum Gasteiger partial charge on any atom is 0.253 e. The molecule has 0 unspecified atom stereocenters. The molecule has 0 bridgehead atoms. The molecule has 31 heavy (non-hydrogen) atoms. The Kier molecular flexibility index (Phi) is 4.97. The molecular formula is C26H27N3O2. The Labute approximate surface area is 182 Å². The lowest BCUT2D eigenvalue weighted by Crippen LogP contribution is -2.48. The monoisotopic (exact) mass is 413 g/mol. The van der Waals surface area contributed by atoms with Crippen LogP contribution in [0.3, 0.4) is 0 Å². The van der Waals surface area contributed by atoms with Gasteiger partial charge < -0.3 is 4.90 Å². The van der Waals surface area contributed by atoms with Crippen LogP contribution in [0.2, 0.25) is 0 Å². The highest BCUT2D eigenvalue weighted by Crippen LogP contribution is 2.32. The second kappa shape index (κ2) is 7.80. The number of aryl methyl sites for hydroxylation is 2. The molecule has 2 heterocycles. The minimum Gasteiger partial charge on any atom is -0.337 e. The molecule has 0 N–H and O–H groups in total. The molecule has 1 amide bonds. The second-order valence-corrected chi connectivity index (χ2v) is 8.99. The molecule has 2 fully saturated rings. The highest BCUT2D eigenvalue weighted by Gasteiger charge is 2.33. The van der Waals surface area contributed by atoms with Crippen LogP contribution in [0, 0.1) is 12.8 Å². The van der Waals surface area contributed by atoms with Crippen LogP contribution in [0.15, 0.2) is 54.9 Å². The minimum absolute atomic E-state index is 0.0587. The molecule has 0 radical (unpaired) electrons. The zero-order valence-corrected chi connectivity index (χ0v) is 18.0. The van der Waals surface area contributed by atoms with Crippen molar-refractivity contribution in [1.82, 2.24) is 14.7 Å². The van der Waals surface area contributed by atoms with E-state index in [4.69, 9.17) is 0 Å². The van der Waals surface area contributed by atoms with E-state index < -0.39 is 0 Å². The van der Waals surface area contributed by atoms with Crippen molar-refractivity contribution in [3.63, 3.8) is 0 Å². The molecule has 5 rings (SSSR count). The van der Waals surface area contributed by atoms with Crippen molar-refractivity contribution in [3.8, 4) is 11.1 Å². The van der Waals surface area contributed by atoms with E-state index in [0.717, 1.165) is 48.2 Å². The summed E-state index contributed by atoms with van der Waals surface area (Å²) in [6, 6.07) is 14.3. The Bertz CT molecular complexity index is 1140. The van der Waals surface area contributed by atoms with E-state index in [9.17, 15) is 9.59 Å². The lowest BCUT2D eigenvalue weighted by molar-refractivity contribution is -0.119. The number of hydrogen-bond acceptors (Lipinski definition) is 3. The molecule has 5 heteroatoms. The number of carbonyl (C=O) groups is 2. The van der Waals surface area contributed by atoms with Crippen LogP contribution < -0.4 is 0 Å². The van der Waals surface area contributed by atoms with Gasteiger partial charge in [0.25, 0.3) is 5.91 Å². The van der Waals surface area contributed by atoms with Crippen molar-refractivity contribution in [2.75, 3.05) is 13.1 Å². The summed E-state index contributed by atoms with van der Waals surface area (Å²) in [5.74, 6) is 0.988. The van der Waals surface area contributed by atoms with Crippen LogP contribution in [-0.2, 0) is 18.3 Å². The SMILES string of the molecule is Cc1ccc(C(=O)N2CC(c3ccc(-c4cnn(C)c4)cc3)C2)cc1CC(=O)C1CC1. The summed E-state index contributed by atoms with van der Waals surface area (Å²) >= 11 is 0. The van der Waals surface area contributed by atoms with Gasteiger partial charge in [-0.05, 0) is 54.2 Å². The van der Waals surface area contributed by atoms with E-state index in [1.807, 2.05) is 49.5 Å². The van der Waals surface area contributed by atoms with Gasteiger partial charge in [0, 0.05) is 55.7 Å². The van der Waals surface area contributed by atoms with E-state index in [1.165, 1.54) is 5.56 Å². The largest absolute Gasteiger partial charge is 0.337 e. The fraction of sp³-hybridized carbons (Fsp3) is 0.346. The lowest BCUT2D eigenvalue weighted by atomic mass is 9.89. The number of likely N-dealkylation sites (tertiary alicyclic amines) is 1. The van der Waals surface area contributed by atoms with Crippen LogP contribution in [0.5, 0.6) is 0 Å². The maximum absolute atomic E-state index is 13.0. The first-order valence-electron chi connectivity index (χ1n) is 11.0. The van der Waals surface area contributed by atoms with Crippen LogP contribution in [0.1, 0.15) is 45.8 Å². The van der Waals surface area contributed by atoms with Gasteiger partial charge in [0.05, 0.1) is 6.20 Å². The van der Waals surface area contributed by atoms with E-state index in [0.29, 0.717) is 23.7 Å². The van der Waals surface area contributed by atoms with E-state index in [-0.39, 0.29) is 11.8 Å². The van der Waals surface area contributed by atoms with E-state index in [1.54, 1.807) is 4.68 Å². The summed E-state index contributed by atoms with van der Waals surface area (Å²) in [5, 5.41) is 4.23. The number of carbonyl (C=O) groups excluding carboxylic acids is 2. The molecule has 5 nitrogen and oxygen atoms in total. The standard InChI is InChI=1S/C26H27N3O2/c1-17-3-4-21(11-22(17)12-25(30)20-9-10-20)26(31)29-15-24(16-29)19-7-5-18(6-8-19)23-13-27-28(2)14-23/h3-8,11,13-14,20,24H,9-10,12,15-16H2,1-2H3. The van der Waals surface area contributed by atoms with Crippen LogP contribution in [0.4, 0.5) is 0 Å². The Morgan fingerprint density at radius 3 is 2.42 bits per heavy atom. The van der Waals surface area contributed by atoms with Gasteiger partial charge in [-0.25, -0.2) is 0 Å². The Balaban J connectivity index is 1.22. The van der Waals surface area contributed by atoms with Gasteiger partial charge in [0.2, 0.25) is 0 Å². The summed E-state index contributed by atoms with van der Waals surface area (Å²) in [6.07, 6.45) is 6.37. The molecule has 1 saturated heterocycles. The molecular weight excluding hydrogens is 386 g/mol. The number of nitrogens with zero attached hydrogens (tertiary/aromatic N) is 3. The zero-order valence-electron chi connectivity index (χ0n) is 18.0. The van der Waals surface area contributed by atoms with Crippen molar-refractivity contribution in [2.24, 2.45) is 13.0 Å². The highest BCUT2D eigenvalue weighted by molar-refractivity contribution is 5.95.